The third kappa shape index (κ3) is 4.82. The quantitative estimate of drug-likeness (QED) is 0.349. The topological polar surface area (TPSA) is 74.6 Å². The zero-order valence-corrected chi connectivity index (χ0v) is 21.0. The van der Waals surface area contributed by atoms with Crippen molar-refractivity contribution in [3.8, 4) is 5.69 Å². The smallest absolute Gasteiger partial charge is 0.351 e. The Morgan fingerprint density at radius 3 is 2.65 bits per heavy atom. The number of halogens is 3. The van der Waals surface area contributed by atoms with E-state index in [0.717, 1.165) is 39.8 Å². The highest BCUT2D eigenvalue weighted by molar-refractivity contribution is 7.12. The first-order valence-electron chi connectivity index (χ1n) is 11.4. The predicted molar refractivity (Wildman–Crippen MR) is 139 cm³/mol. The van der Waals surface area contributed by atoms with Crippen LogP contribution in [-0.4, -0.2) is 35.0 Å². The zero-order valence-electron chi connectivity index (χ0n) is 20.2. The number of rotatable bonds is 4. The fourth-order valence-electron chi connectivity index (χ4n) is 4.21. The monoisotopic (exact) mass is 524 g/mol. The molecule has 2 aromatic heterocycles. The average molecular weight is 525 g/mol. The van der Waals surface area contributed by atoms with E-state index >= 15 is 0 Å². The van der Waals surface area contributed by atoms with E-state index in [1.165, 1.54) is 17.0 Å². The lowest BCUT2D eigenvalue weighted by Crippen LogP contribution is -2.40. The maximum Gasteiger partial charge on any atom is 0.416 e. The van der Waals surface area contributed by atoms with E-state index in [0.29, 0.717) is 18.1 Å². The van der Waals surface area contributed by atoms with Crippen molar-refractivity contribution >= 4 is 40.1 Å². The molecule has 1 aliphatic rings. The maximum absolute atomic E-state index is 13.6. The fraction of sp³-hybridized carbons (Fsp3) is 0.192. The molecule has 4 aromatic rings. The summed E-state index contributed by atoms with van der Waals surface area (Å²) in [5.41, 5.74) is 3.12. The van der Waals surface area contributed by atoms with Gasteiger partial charge in [-0.1, -0.05) is 6.07 Å². The fourth-order valence-corrected chi connectivity index (χ4v) is 5.11. The molecule has 1 aliphatic heterocycles. The minimum absolute atomic E-state index is 0.109. The number of amides is 1. The number of alkyl halides is 3. The van der Waals surface area contributed by atoms with Gasteiger partial charge in [0, 0.05) is 35.9 Å². The number of amidine groups is 1. The number of carbonyl (C=O) groups is 1. The van der Waals surface area contributed by atoms with Crippen LogP contribution in [-0.2, 0) is 6.18 Å². The second kappa shape index (κ2) is 9.40. The van der Waals surface area contributed by atoms with Crippen molar-refractivity contribution in [1.29, 1.82) is 0 Å². The largest absolute Gasteiger partial charge is 0.416 e. The van der Waals surface area contributed by atoms with Gasteiger partial charge < -0.3 is 20.1 Å². The number of aryl methyl sites for hydroxylation is 2. The van der Waals surface area contributed by atoms with Crippen molar-refractivity contribution in [3.05, 3.63) is 87.6 Å². The first kappa shape index (κ1) is 24.6. The number of nitrogens with one attached hydrogen (secondary N) is 2. The molecule has 0 bridgehead atoms. The molecule has 0 saturated carbocycles. The Balaban J connectivity index is 1.47. The molecule has 2 aromatic carbocycles. The Morgan fingerprint density at radius 1 is 1.14 bits per heavy atom. The highest BCUT2D eigenvalue weighted by atomic mass is 32.1. The molecule has 0 spiro atoms. The highest BCUT2D eigenvalue weighted by Crippen LogP contribution is 2.37. The molecule has 37 heavy (non-hydrogen) atoms. The van der Waals surface area contributed by atoms with E-state index in [4.69, 9.17) is 0 Å². The third-order valence-corrected chi connectivity index (χ3v) is 6.96. The Kier molecular flexibility index (Phi) is 6.24. The van der Waals surface area contributed by atoms with E-state index in [-0.39, 0.29) is 11.3 Å². The molecule has 190 valence electrons. The lowest BCUT2D eigenvalue weighted by molar-refractivity contribution is -0.137. The van der Waals surface area contributed by atoms with Crippen LogP contribution < -0.4 is 15.5 Å². The number of imidazole rings is 1. The molecule has 5 rings (SSSR count). The van der Waals surface area contributed by atoms with Gasteiger partial charge in [0.1, 0.15) is 5.84 Å². The van der Waals surface area contributed by atoms with Crippen molar-refractivity contribution in [2.75, 3.05) is 23.9 Å². The molecule has 1 amide bonds. The second-order valence-electron chi connectivity index (χ2n) is 8.61. The number of hydrogen-bond donors (Lipinski definition) is 2. The van der Waals surface area contributed by atoms with Crippen molar-refractivity contribution in [1.82, 2.24) is 14.9 Å². The van der Waals surface area contributed by atoms with Crippen LogP contribution in [0.3, 0.4) is 0 Å². The number of thiophene rings is 1. The van der Waals surface area contributed by atoms with E-state index in [9.17, 15) is 18.0 Å². The Bertz CT molecular complexity index is 1520. The van der Waals surface area contributed by atoms with E-state index in [1.54, 1.807) is 37.6 Å². The van der Waals surface area contributed by atoms with Gasteiger partial charge >= 0.3 is 6.18 Å². The summed E-state index contributed by atoms with van der Waals surface area (Å²) < 4.78 is 42.4. The van der Waals surface area contributed by atoms with Gasteiger partial charge in [0.15, 0.2) is 0 Å². The van der Waals surface area contributed by atoms with Gasteiger partial charge in [0.05, 0.1) is 34.8 Å². The number of anilines is 3. The Morgan fingerprint density at radius 2 is 1.95 bits per heavy atom. The van der Waals surface area contributed by atoms with Crippen LogP contribution in [0.15, 0.2) is 65.4 Å². The molecular formula is C26H23F3N6OS. The van der Waals surface area contributed by atoms with Gasteiger partial charge in [-0.2, -0.15) is 13.2 Å². The molecule has 3 heterocycles. The molecule has 0 fully saturated rings. The van der Waals surface area contributed by atoms with Gasteiger partial charge in [-0.05, 0) is 61.2 Å². The molecule has 0 radical (unpaired) electrons. The van der Waals surface area contributed by atoms with Crippen LogP contribution in [0.2, 0.25) is 0 Å². The number of aliphatic imine (C=N–C) groups is 1. The standard InChI is InChI=1S/C26H23F3N6OS/c1-15-4-5-19(11-22(15)35-14-32-24(30-3)23-21(35)6-7-37-23)33-25(36)17-8-18(26(27,28)29)10-20(9-17)34-12-16(2)31-13-34/h4-13H,14H2,1-3H3,(H,30,32)(H,33,36). The van der Waals surface area contributed by atoms with Crippen molar-refractivity contribution in [3.63, 3.8) is 0 Å². The van der Waals surface area contributed by atoms with E-state index < -0.39 is 17.6 Å². The van der Waals surface area contributed by atoms with Gasteiger partial charge in [-0.3, -0.25) is 9.79 Å². The molecule has 0 saturated heterocycles. The molecule has 0 unspecified atom stereocenters. The van der Waals surface area contributed by atoms with Gasteiger partial charge in [0.25, 0.3) is 5.91 Å². The number of nitrogens with zero attached hydrogens (tertiary/aromatic N) is 4. The minimum atomic E-state index is -4.61. The molecule has 0 atom stereocenters. The van der Waals surface area contributed by atoms with Gasteiger partial charge in [-0.25, -0.2) is 4.98 Å². The van der Waals surface area contributed by atoms with Crippen molar-refractivity contribution < 1.29 is 18.0 Å². The highest BCUT2D eigenvalue weighted by Gasteiger charge is 2.32. The number of fused-ring (bicyclic) bond motifs is 1. The molecule has 0 aliphatic carbocycles. The number of aromatic nitrogens is 2. The number of carbonyl (C=O) groups excluding carboxylic acids is 1. The van der Waals surface area contributed by atoms with Gasteiger partial charge in [0.2, 0.25) is 0 Å². The summed E-state index contributed by atoms with van der Waals surface area (Å²) in [6.07, 6.45) is -1.60. The minimum Gasteiger partial charge on any atom is -0.351 e. The maximum atomic E-state index is 13.6. The Hall–Kier alpha value is -4.12. The first-order chi connectivity index (χ1) is 17.6. The summed E-state index contributed by atoms with van der Waals surface area (Å²) in [6.45, 7) is 4.18. The number of benzene rings is 2. The van der Waals surface area contributed by atoms with Crippen molar-refractivity contribution in [2.24, 2.45) is 4.99 Å². The SMILES string of the molecule is CN=C1NCN(c2cc(NC(=O)c3cc(-n4cnc(C)c4)cc(C(F)(F)F)c3)ccc2C)c2ccsc21. The second-order valence-corrected chi connectivity index (χ2v) is 9.53. The van der Waals surface area contributed by atoms with Crippen LogP contribution in [0, 0.1) is 13.8 Å². The zero-order chi connectivity index (χ0) is 26.3. The molecule has 11 heteroatoms. The summed E-state index contributed by atoms with van der Waals surface area (Å²) in [5.74, 6) is 0.171. The third-order valence-electron chi connectivity index (χ3n) is 6.05. The summed E-state index contributed by atoms with van der Waals surface area (Å²) in [5, 5.41) is 8.06. The van der Waals surface area contributed by atoms with E-state index in [2.05, 4.69) is 25.5 Å². The van der Waals surface area contributed by atoms with Crippen LogP contribution in [0.1, 0.15) is 32.1 Å². The average Bonchev–Trinajstić information content (AvgIpc) is 3.53. The predicted octanol–water partition coefficient (Wildman–Crippen LogP) is 5.90. The van der Waals surface area contributed by atoms with Crippen LogP contribution in [0.4, 0.5) is 30.2 Å². The first-order valence-corrected chi connectivity index (χ1v) is 12.2. The van der Waals surface area contributed by atoms with Gasteiger partial charge in [-0.15, -0.1) is 11.3 Å². The molecule has 7 nitrogen and oxygen atoms in total. The van der Waals surface area contributed by atoms with Crippen LogP contribution >= 0.6 is 11.3 Å². The lowest BCUT2D eigenvalue weighted by atomic mass is 10.1. The summed E-state index contributed by atoms with van der Waals surface area (Å²) in [6, 6.07) is 10.7. The van der Waals surface area contributed by atoms with E-state index in [1.807, 2.05) is 30.5 Å². The normalized spacial score (nSPS) is 14.4. The summed E-state index contributed by atoms with van der Waals surface area (Å²) in [4.78, 5) is 24.6. The number of hydrogen-bond acceptors (Lipinski definition) is 5. The molecule has 2 N–H and O–H groups in total. The summed E-state index contributed by atoms with van der Waals surface area (Å²) >= 11 is 1.58. The Labute approximate surface area is 215 Å². The summed E-state index contributed by atoms with van der Waals surface area (Å²) in [7, 11) is 1.73. The van der Waals surface area contributed by atoms with Crippen molar-refractivity contribution in [2.45, 2.75) is 20.0 Å². The van der Waals surface area contributed by atoms with Crippen LogP contribution in [0.25, 0.3) is 5.69 Å². The lowest BCUT2D eigenvalue weighted by Gasteiger charge is -2.32. The van der Waals surface area contributed by atoms with Crippen LogP contribution in [0.5, 0.6) is 0 Å². The molecular weight excluding hydrogens is 501 g/mol.